The summed E-state index contributed by atoms with van der Waals surface area (Å²) >= 11 is 1.97. The minimum Gasteiger partial charge on any atom is -0.312 e. The fourth-order valence-corrected chi connectivity index (χ4v) is 4.51. The molecular weight excluding hydrogens is 293 g/mol. The second-order valence-corrected chi connectivity index (χ2v) is 8.28. The summed E-state index contributed by atoms with van der Waals surface area (Å²) < 4.78 is 12.8. The Bertz CT molecular complexity index is 627. The molecule has 1 aliphatic rings. The third kappa shape index (κ3) is 3.96. The van der Waals surface area contributed by atoms with Crippen molar-refractivity contribution in [3.8, 4) is 0 Å². The number of benzene rings is 1. The van der Waals surface area contributed by atoms with Crippen molar-refractivity contribution in [3.63, 3.8) is 0 Å². The number of hydrogen-bond donors (Lipinski definition) is 1. The molecule has 1 aromatic heterocycles. The Morgan fingerprint density at radius 2 is 2.00 bits per heavy atom. The highest BCUT2D eigenvalue weighted by Gasteiger charge is 2.26. The maximum absolute atomic E-state index is 12.8. The van der Waals surface area contributed by atoms with Crippen molar-refractivity contribution in [2.45, 2.75) is 46.1 Å². The summed E-state index contributed by atoms with van der Waals surface area (Å²) in [5.74, 6) is -0.163. The van der Waals surface area contributed by atoms with Crippen LogP contribution in [0.25, 0.3) is 0 Å². The van der Waals surface area contributed by atoms with Gasteiger partial charge in [0.15, 0.2) is 0 Å². The summed E-state index contributed by atoms with van der Waals surface area (Å²) in [6.45, 7) is 6.62. The van der Waals surface area contributed by atoms with Crippen LogP contribution in [0.15, 0.2) is 30.3 Å². The van der Waals surface area contributed by atoms with E-state index in [1.165, 1.54) is 41.8 Å². The molecule has 118 valence electrons. The molecule has 1 aliphatic carbocycles. The predicted octanol–water partition coefficient (Wildman–Crippen LogP) is 4.73. The average molecular weight is 317 g/mol. The van der Waals surface area contributed by atoms with E-state index in [1.807, 2.05) is 23.5 Å². The minimum atomic E-state index is -0.163. The van der Waals surface area contributed by atoms with Gasteiger partial charge in [-0.15, -0.1) is 11.3 Å². The smallest absolute Gasteiger partial charge is 0.123 e. The van der Waals surface area contributed by atoms with Crippen LogP contribution in [0, 0.1) is 11.2 Å². The van der Waals surface area contributed by atoms with Crippen LogP contribution in [0.4, 0.5) is 4.39 Å². The molecule has 0 atom stereocenters. The summed E-state index contributed by atoms with van der Waals surface area (Å²) in [5.41, 5.74) is 3.21. The molecule has 0 spiro atoms. The lowest BCUT2D eigenvalue weighted by Gasteiger charge is -2.28. The van der Waals surface area contributed by atoms with Gasteiger partial charge in [-0.2, -0.15) is 0 Å². The molecule has 0 radical (unpaired) electrons. The first-order valence-electron chi connectivity index (χ1n) is 8.07. The maximum atomic E-state index is 12.8. The lowest BCUT2D eigenvalue weighted by Crippen LogP contribution is -2.20. The Labute approximate surface area is 136 Å². The second-order valence-electron chi connectivity index (χ2n) is 7.06. The first-order chi connectivity index (χ1) is 10.5. The van der Waals surface area contributed by atoms with E-state index < -0.39 is 0 Å². The predicted molar refractivity (Wildman–Crippen MR) is 91.9 cm³/mol. The van der Waals surface area contributed by atoms with E-state index in [0.717, 1.165) is 19.5 Å². The molecule has 2 aromatic rings. The molecule has 0 bridgehead atoms. The summed E-state index contributed by atoms with van der Waals surface area (Å²) in [6.07, 6.45) is 4.70. The Morgan fingerprint density at radius 1 is 1.23 bits per heavy atom. The van der Waals surface area contributed by atoms with Gasteiger partial charge in [0.1, 0.15) is 5.82 Å². The van der Waals surface area contributed by atoms with Crippen molar-refractivity contribution in [2.24, 2.45) is 5.41 Å². The first kappa shape index (κ1) is 15.7. The van der Waals surface area contributed by atoms with Crippen LogP contribution in [-0.2, 0) is 25.8 Å². The van der Waals surface area contributed by atoms with Gasteiger partial charge in [0, 0.05) is 16.3 Å². The van der Waals surface area contributed by atoms with Gasteiger partial charge < -0.3 is 5.32 Å². The molecule has 1 nitrogen and oxygen atoms in total. The topological polar surface area (TPSA) is 12.0 Å². The summed E-state index contributed by atoms with van der Waals surface area (Å²) in [4.78, 5) is 3.04. The molecule has 0 amide bonds. The van der Waals surface area contributed by atoms with Crippen LogP contribution in [0.2, 0.25) is 0 Å². The second kappa shape index (κ2) is 6.51. The van der Waals surface area contributed by atoms with E-state index in [4.69, 9.17) is 0 Å². The fourth-order valence-electron chi connectivity index (χ4n) is 3.07. The zero-order chi connectivity index (χ0) is 15.6. The Kier molecular flexibility index (Phi) is 4.65. The van der Waals surface area contributed by atoms with E-state index in [1.54, 1.807) is 10.4 Å². The fraction of sp³-hybridized carbons (Fsp3) is 0.474. The van der Waals surface area contributed by atoms with Gasteiger partial charge in [0.2, 0.25) is 0 Å². The monoisotopic (exact) mass is 317 g/mol. The van der Waals surface area contributed by atoms with Gasteiger partial charge in [-0.3, -0.25) is 0 Å². The summed E-state index contributed by atoms with van der Waals surface area (Å²) in [7, 11) is 0. The molecule has 22 heavy (non-hydrogen) atoms. The number of aryl methyl sites for hydroxylation is 1. The largest absolute Gasteiger partial charge is 0.312 e. The highest BCUT2D eigenvalue weighted by Crippen LogP contribution is 2.38. The van der Waals surface area contributed by atoms with Gasteiger partial charge >= 0.3 is 0 Å². The normalized spacial score (nSPS) is 16.5. The van der Waals surface area contributed by atoms with Crippen molar-refractivity contribution in [3.05, 3.63) is 57.0 Å². The van der Waals surface area contributed by atoms with Crippen LogP contribution < -0.4 is 5.32 Å². The van der Waals surface area contributed by atoms with Gasteiger partial charge in [-0.05, 0) is 67.0 Å². The number of fused-ring (bicyclic) bond motifs is 1. The molecule has 0 aliphatic heterocycles. The van der Waals surface area contributed by atoms with Crippen molar-refractivity contribution in [1.29, 1.82) is 0 Å². The maximum Gasteiger partial charge on any atom is 0.123 e. The molecule has 1 aromatic carbocycles. The van der Waals surface area contributed by atoms with Gasteiger partial charge in [0.25, 0.3) is 0 Å². The first-order valence-corrected chi connectivity index (χ1v) is 8.89. The van der Waals surface area contributed by atoms with Gasteiger partial charge in [-0.25, -0.2) is 4.39 Å². The number of rotatable bonds is 5. The molecule has 0 saturated heterocycles. The molecule has 0 fully saturated rings. The Hall–Kier alpha value is -1.19. The van der Waals surface area contributed by atoms with Crippen molar-refractivity contribution in [2.75, 3.05) is 6.54 Å². The SMILES string of the molecule is CC1(C)CCc2cc(CNCCc3ccc(F)cc3)sc2C1. The molecule has 3 heteroatoms. The van der Waals surface area contributed by atoms with Crippen LogP contribution >= 0.6 is 11.3 Å². The molecule has 0 saturated carbocycles. The van der Waals surface area contributed by atoms with Crippen molar-refractivity contribution < 1.29 is 4.39 Å². The Balaban J connectivity index is 1.48. The van der Waals surface area contributed by atoms with Gasteiger partial charge in [-0.1, -0.05) is 26.0 Å². The number of thiophene rings is 1. The average Bonchev–Trinajstić information content (AvgIpc) is 2.86. The lowest BCUT2D eigenvalue weighted by molar-refractivity contribution is 0.319. The van der Waals surface area contributed by atoms with E-state index in [0.29, 0.717) is 5.41 Å². The van der Waals surface area contributed by atoms with Crippen molar-refractivity contribution in [1.82, 2.24) is 5.32 Å². The van der Waals surface area contributed by atoms with Crippen LogP contribution in [0.1, 0.15) is 41.1 Å². The van der Waals surface area contributed by atoms with E-state index in [2.05, 4.69) is 25.2 Å². The van der Waals surface area contributed by atoms with E-state index >= 15 is 0 Å². The zero-order valence-corrected chi connectivity index (χ0v) is 14.2. The lowest BCUT2D eigenvalue weighted by atomic mass is 9.78. The molecule has 1 heterocycles. The zero-order valence-electron chi connectivity index (χ0n) is 13.4. The van der Waals surface area contributed by atoms with Crippen LogP contribution in [0.3, 0.4) is 0 Å². The summed E-state index contributed by atoms with van der Waals surface area (Å²) in [5, 5.41) is 3.51. The Morgan fingerprint density at radius 3 is 2.77 bits per heavy atom. The molecular formula is C19H24FNS. The standard InChI is InChI=1S/C19H24FNS/c1-19(2)9-7-15-11-17(22-18(15)12-19)13-21-10-8-14-3-5-16(20)6-4-14/h3-6,11,21H,7-10,12-13H2,1-2H3. The number of nitrogens with one attached hydrogen (secondary N) is 1. The van der Waals surface area contributed by atoms with E-state index in [-0.39, 0.29) is 5.82 Å². The van der Waals surface area contributed by atoms with Crippen molar-refractivity contribution >= 4 is 11.3 Å². The number of halogens is 1. The highest BCUT2D eigenvalue weighted by atomic mass is 32.1. The summed E-state index contributed by atoms with van der Waals surface area (Å²) in [6, 6.07) is 9.18. The number of hydrogen-bond acceptors (Lipinski definition) is 2. The molecule has 0 unspecified atom stereocenters. The minimum absolute atomic E-state index is 0.163. The van der Waals surface area contributed by atoms with E-state index in [9.17, 15) is 4.39 Å². The quantitative estimate of drug-likeness (QED) is 0.786. The highest BCUT2D eigenvalue weighted by molar-refractivity contribution is 7.12. The third-order valence-corrected chi connectivity index (χ3v) is 5.64. The van der Waals surface area contributed by atoms with Crippen LogP contribution in [-0.4, -0.2) is 6.54 Å². The van der Waals surface area contributed by atoms with Crippen LogP contribution in [0.5, 0.6) is 0 Å². The molecule has 3 rings (SSSR count). The van der Waals surface area contributed by atoms with Gasteiger partial charge in [0.05, 0.1) is 0 Å². The third-order valence-electron chi connectivity index (χ3n) is 4.46. The molecule has 1 N–H and O–H groups in total.